The molecule has 3 N–H and O–H groups in total. The van der Waals surface area contributed by atoms with Crippen LogP contribution in [0.25, 0.3) is 0 Å². The van der Waals surface area contributed by atoms with Crippen molar-refractivity contribution in [3.8, 4) is 11.6 Å². The Kier molecular flexibility index (Phi) is 3.38. The number of nitrogens with two attached hydrogens (primary N) is 1. The molecule has 0 unspecified atom stereocenters. The smallest absolute Gasteiger partial charge is 0.230 e. The number of aryl methyl sites for hydroxylation is 1. The maximum atomic E-state index is 8.72. The highest BCUT2D eigenvalue weighted by molar-refractivity contribution is 5.99. The first-order valence-corrected chi connectivity index (χ1v) is 5.24. The van der Waals surface area contributed by atoms with E-state index in [0.29, 0.717) is 11.3 Å². The van der Waals surface area contributed by atoms with Crippen LogP contribution in [0.2, 0.25) is 0 Å². The fourth-order valence-corrected chi connectivity index (χ4v) is 1.38. The summed E-state index contributed by atoms with van der Waals surface area (Å²) in [5, 5.41) is 11.7. The third-order valence-electron chi connectivity index (χ3n) is 2.23. The molecular weight excluding hydrogens is 232 g/mol. The predicted molar refractivity (Wildman–Crippen MR) is 65.8 cm³/mol. The third kappa shape index (κ3) is 2.54. The number of hydrogen-bond acceptors (Lipinski definition) is 5. The minimum Gasteiger partial charge on any atom is -0.437 e. The Labute approximate surface area is 104 Å². The van der Waals surface area contributed by atoms with E-state index in [9.17, 15) is 0 Å². The Bertz CT molecular complexity index is 570. The van der Waals surface area contributed by atoms with Gasteiger partial charge in [-0.05, 0) is 31.2 Å². The van der Waals surface area contributed by atoms with E-state index in [1.165, 1.54) is 0 Å². The van der Waals surface area contributed by atoms with Gasteiger partial charge in [-0.2, -0.15) is 0 Å². The fraction of sp³-hybridized carbons (Fsp3) is 0.0833. The van der Waals surface area contributed by atoms with Crippen LogP contribution in [0, 0.1) is 6.92 Å². The number of pyridine rings is 2. The number of nitrogens with zero attached hydrogens (tertiary/aromatic N) is 3. The van der Waals surface area contributed by atoms with Crippen LogP contribution in [0.1, 0.15) is 11.3 Å². The molecule has 0 radical (unpaired) electrons. The summed E-state index contributed by atoms with van der Waals surface area (Å²) in [5.74, 6) is 0.752. The van der Waals surface area contributed by atoms with Crippen LogP contribution in [0.15, 0.2) is 41.8 Å². The first kappa shape index (κ1) is 11.8. The van der Waals surface area contributed by atoms with E-state index < -0.39 is 0 Å². The number of oxime groups is 1. The molecule has 2 heterocycles. The van der Waals surface area contributed by atoms with Gasteiger partial charge in [-0.25, -0.2) is 4.98 Å². The molecule has 0 fully saturated rings. The third-order valence-corrected chi connectivity index (χ3v) is 2.23. The van der Waals surface area contributed by atoms with Crippen LogP contribution in [0.5, 0.6) is 11.6 Å². The Morgan fingerprint density at radius 3 is 2.89 bits per heavy atom. The van der Waals surface area contributed by atoms with Gasteiger partial charge in [-0.3, -0.25) is 4.98 Å². The lowest BCUT2D eigenvalue weighted by Crippen LogP contribution is -2.15. The minimum atomic E-state index is -0.0543. The summed E-state index contributed by atoms with van der Waals surface area (Å²) in [6.45, 7) is 1.83. The number of hydrogen-bond donors (Lipinski definition) is 2. The maximum absolute atomic E-state index is 8.72. The number of ether oxygens (including phenoxy) is 1. The van der Waals surface area contributed by atoms with Gasteiger partial charge in [-0.1, -0.05) is 5.16 Å². The highest BCUT2D eigenvalue weighted by Gasteiger charge is 2.11. The van der Waals surface area contributed by atoms with Crippen LogP contribution in [0.4, 0.5) is 0 Å². The molecule has 0 atom stereocenters. The van der Waals surface area contributed by atoms with Crippen LogP contribution < -0.4 is 10.5 Å². The van der Waals surface area contributed by atoms with Gasteiger partial charge in [-0.15, -0.1) is 0 Å². The van der Waals surface area contributed by atoms with Gasteiger partial charge >= 0.3 is 0 Å². The van der Waals surface area contributed by atoms with Gasteiger partial charge in [0.25, 0.3) is 0 Å². The summed E-state index contributed by atoms with van der Waals surface area (Å²) in [7, 11) is 0. The van der Waals surface area contributed by atoms with E-state index in [0.717, 1.165) is 5.69 Å². The van der Waals surface area contributed by atoms with Crippen molar-refractivity contribution in [2.45, 2.75) is 6.92 Å². The molecule has 2 aromatic heterocycles. The lowest BCUT2D eigenvalue weighted by atomic mass is 10.2. The second-order valence-corrected chi connectivity index (χ2v) is 3.58. The first-order valence-electron chi connectivity index (χ1n) is 5.24. The molecule has 0 aliphatic rings. The summed E-state index contributed by atoms with van der Waals surface area (Å²) in [4.78, 5) is 8.15. The predicted octanol–water partition coefficient (Wildman–Crippen LogP) is 1.67. The Morgan fingerprint density at radius 1 is 1.39 bits per heavy atom. The number of rotatable bonds is 3. The van der Waals surface area contributed by atoms with Crippen molar-refractivity contribution in [3.05, 3.63) is 47.9 Å². The van der Waals surface area contributed by atoms with E-state index >= 15 is 0 Å². The highest BCUT2D eigenvalue weighted by Crippen LogP contribution is 2.22. The molecule has 18 heavy (non-hydrogen) atoms. The molecule has 0 aromatic carbocycles. The monoisotopic (exact) mass is 244 g/mol. The van der Waals surface area contributed by atoms with Crippen molar-refractivity contribution in [1.82, 2.24) is 9.97 Å². The zero-order valence-corrected chi connectivity index (χ0v) is 9.74. The molecular formula is C12H12N4O2. The van der Waals surface area contributed by atoms with Crippen LogP contribution >= 0.6 is 0 Å². The van der Waals surface area contributed by atoms with Gasteiger partial charge in [0.1, 0.15) is 5.75 Å². The van der Waals surface area contributed by atoms with Crippen molar-refractivity contribution in [2.75, 3.05) is 0 Å². The fourth-order valence-electron chi connectivity index (χ4n) is 1.38. The number of aromatic nitrogens is 2. The van der Waals surface area contributed by atoms with Crippen LogP contribution in [-0.4, -0.2) is 21.0 Å². The van der Waals surface area contributed by atoms with Gasteiger partial charge in [0, 0.05) is 11.9 Å². The second-order valence-electron chi connectivity index (χ2n) is 3.58. The topological polar surface area (TPSA) is 93.6 Å². The zero-order chi connectivity index (χ0) is 13.0. The molecule has 6 heteroatoms. The molecule has 2 aromatic rings. The van der Waals surface area contributed by atoms with Crippen molar-refractivity contribution < 1.29 is 9.94 Å². The highest BCUT2D eigenvalue weighted by atomic mass is 16.5. The van der Waals surface area contributed by atoms with Gasteiger partial charge in [0.2, 0.25) is 5.88 Å². The van der Waals surface area contributed by atoms with Crippen molar-refractivity contribution in [2.24, 2.45) is 10.9 Å². The van der Waals surface area contributed by atoms with Crippen molar-refractivity contribution >= 4 is 5.84 Å². The van der Waals surface area contributed by atoms with E-state index in [1.807, 2.05) is 6.92 Å². The molecule has 0 aliphatic carbocycles. The van der Waals surface area contributed by atoms with Gasteiger partial charge in [0.15, 0.2) is 5.84 Å². The standard InChI is InChI=1S/C12H12N4O2/c1-8-4-5-10(11(13)16-17)12(15-8)18-9-3-2-6-14-7-9/h2-7,17H,1H3,(H2,13,16). The Balaban J connectivity index is 2.40. The molecule has 0 aliphatic heterocycles. The largest absolute Gasteiger partial charge is 0.437 e. The quantitative estimate of drug-likeness (QED) is 0.371. The lowest BCUT2D eigenvalue weighted by Gasteiger charge is -2.09. The molecule has 0 saturated carbocycles. The molecule has 6 nitrogen and oxygen atoms in total. The molecule has 0 spiro atoms. The van der Waals surface area contributed by atoms with Gasteiger partial charge < -0.3 is 15.7 Å². The average molecular weight is 244 g/mol. The maximum Gasteiger partial charge on any atom is 0.230 e. The Morgan fingerprint density at radius 2 is 2.22 bits per heavy atom. The van der Waals surface area contributed by atoms with Gasteiger partial charge in [0.05, 0.1) is 11.8 Å². The zero-order valence-electron chi connectivity index (χ0n) is 9.74. The molecule has 92 valence electrons. The summed E-state index contributed by atoms with van der Waals surface area (Å²) in [5.41, 5.74) is 6.75. The second kappa shape index (κ2) is 5.13. The van der Waals surface area contributed by atoms with Crippen LogP contribution in [0.3, 0.4) is 0 Å². The average Bonchev–Trinajstić information content (AvgIpc) is 2.39. The van der Waals surface area contributed by atoms with E-state index in [4.69, 9.17) is 15.7 Å². The normalized spacial score (nSPS) is 11.3. The lowest BCUT2D eigenvalue weighted by molar-refractivity contribution is 0.318. The summed E-state index contributed by atoms with van der Waals surface area (Å²) in [6, 6.07) is 6.92. The summed E-state index contributed by atoms with van der Waals surface area (Å²) in [6.07, 6.45) is 3.20. The summed E-state index contributed by atoms with van der Waals surface area (Å²) >= 11 is 0. The van der Waals surface area contributed by atoms with E-state index in [2.05, 4.69) is 15.1 Å². The van der Waals surface area contributed by atoms with E-state index in [1.54, 1.807) is 36.7 Å². The van der Waals surface area contributed by atoms with Crippen LogP contribution in [-0.2, 0) is 0 Å². The summed E-state index contributed by atoms with van der Waals surface area (Å²) < 4.78 is 5.57. The molecule has 0 bridgehead atoms. The van der Waals surface area contributed by atoms with E-state index in [-0.39, 0.29) is 11.7 Å². The molecule has 0 saturated heterocycles. The number of amidine groups is 1. The molecule has 0 amide bonds. The first-order chi connectivity index (χ1) is 8.70. The molecule has 2 rings (SSSR count). The minimum absolute atomic E-state index is 0.0543. The Hall–Kier alpha value is -2.63. The van der Waals surface area contributed by atoms with Crippen molar-refractivity contribution in [1.29, 1.82) is 0 Å². The SMILES string of the molecule is Cc1ccc(C(N)=NO)c(Oc2cccnc2)n1. The van der Waals surface area contributed by atoms with Crippen molar-refractivity contribution in [3.63, 3.8) is 0 Å².